The first-order valence-electron chi connectivity index (χ1n) is 7.78. The number of carbonyl (C=O) groups excluding carboxylic acids is 1. The van der Waals surface area contributed by atoms with Gasteiger partial charge in [0.2, 0.25) is 0 Å². The van der Waals surface area contributed by atoms with E-state index < -0.39 is 15.1 Å². The number of carbonyl (C=O) groups is 1. The fourth-order valence-corrected chi connectivity index (χ4v) is 4.48. The molecule has 0 radical (unpaired) electrons. The lowest BCUT2D eigenvalue weighted by Gasteiger charge is -2.32. The SMILES string of the molecule is O=C(COc1ccccc1)N1CCS(=O)(=O)C(c2ccccc2)C1. The Morgan fingerprint density at radius 2 is 1.67 bits per heavy atom. The number of para-hydroxylation sites is 1. The van der Waals surface area contributed by atoms with E-state index in [-0.39, 0.29) is 31.4 Å². The lowest BCUT2D eigenvalue weighted by molar-refractivity contribution is -0.133. The molecule has 0 saturated carbocycles. The predicted molar refractivity (Wildman–Crippen MR) is 91.5 cm³/mol. The molecule has 5 nitrogen and oxygen atoms in total. The van der Waals surface area contributed by atoms with Gasteiger partial charge < -0.3 is 9.64 Å². The van der Waals surface area contributed by atoms with Gasteiger partial charge in [-0.1, -0.05) is 48.5 Å². The standard InChI is InChI=1S/C18H19NO4S/c20-18(14-23-16-9-5-2-6-10-16)19-11-12-24(21,22)17(13-19)15-7-3-1-4-8-15/h1-10,17H,11-14H2. The largest absolute Gasteiger partial charge is 0.484 e. The van der Waals surface area contributed by atoms with Crippen molar-refractivity contribution >= 4 is 15.7 Å². The van der Waals surface area contributed by atoms with E-state index in [1.165, 1.54) is 0 Å². The molecule has 0 bridgehead atoms. The van der Waals surface area contributed by atoms with Gasteiger partial charge in [-0.2, -0.15) is 0 Å². The number of nitrogens with zero attached hydrogens (tertiary/aromatic N) is 1. The van der Waals surface area contributed by atoms with E-state index >= 15 is 0 Å². The summed E-state index contributed by atoms with van der Waals surface area (Å²) in [5, 5.41) is -0.673. The fourth-order valence-electron chi connectivity index (χ4n) is 2.74. The van der Waals surface area contributed by atoms with Gasteiger partial charge >= 0.3 is 0 Å². The Labute approximate surface area is 141 Å². The third kappa shape index (κ3) is 3.76. The third-order valence-corrected chi connectivity index (χ3v) is 6.13. The average molecular weight is 345 g/mol. The molecular formula is C18H19NO4S. The van der Waals surface area contributed by atoms with E-state index in [4.69, 9.17) is 4.74 Å². The molecule has 1 saturated heterocycles. The molecule has 3 rings (SSSR count). The van der Waals surface area contributed by atoms with Crippen LogP contribution in [0.4, 0.5) is 0 Å². The van der Waals surface area contributed by atoms with Crippen LogP contribution in [0.15, 0.2) is 60.7 Å². The van der Waals surface area contributed by atoms with E-state index in [1.54, 1.807) is 29.2 Å². The lowest BCUT2D eigenvalue weighted by Crippen LogP contribution is -2.47. The van der Waals surface area contributed by atoms with Crippen molar-refractivity contribution in [2.45, 2.75) is 5.25 Å². The lowest BCUT2D eigenvalue weighted by atomic mass is 10.1. The van der Waals surface area contributed by atoms with Crippen molar-refractivity contribution < 1.29 is 17.9 Å². The smallest absolute Gasteiger partial charge is 0.260 e. The van der Waals surface area contributed by atoms with Crippen molar-refractivity contribution in [1.29, 1.82) is 0 Å². The molecule has 2 aromatic rings. The summed E-state index contributed by atoms with van der Waals surface area (Å²) in [4.78, 5) is 13.9. The molecule has 1 aliphatic heterocycles. The highest BCUT2D eigenvalue weighted by atomic mass is 32.2. The summed E-state index contributed by atoms with van der Waals surface area (Å²) >= 11 is 0. The number of amides is 1. The van der Waals surface area contributed by atoms with Crippen molar-refractivity contribution in [2.24, 2.45) is 0 Å². The molecule has 1 atom stereocenters. The van der Waals surface area contributed by atoms with E-state index in [0.29, 0.717) is 5.75 Å². The second-order valence-corrected chi connectivity index (χ2v) is 8.01. The third-order valence-electron chi connectivity index (χ3n) is 4.10. The molecule has 0 aromatic heterocycles. The zero-order valence-corrected chi connectivity index (χ0v) is 14.0. The molecule has 0 N–H and O–H groups in total. The highest BCUT2D eigenvalue weighted by Crippen LogP contribution is 2.28. The maximum absolute atomic E-state index is 12.4. The van der Waals surface area contributed by atoms with Crippen LogP contribution in [0, 0.1) is 0 Å². The summed E-state index contributed by atoms with van der Waals surface area (Å²) < 4.78 is 30.2. The number of hydrogen-bond donors (Lipinski definition) is 0. The van der Waals surface area contributed by atoms with Gasteiger partial charge in [0, 0.05) is 13.1 Å². The maximum Gasteiger partial charge on any atom is 0.260 e. The van der Waals surface area contributed by atoms with Crippen molar-refractivity contribution in [3.05, 3.63) is 66.2 Å². The Morgan fingerprint density at radius 1 is 1.04 bits per heavy atom. The van der Waals surface area contributed by atoms with Crippen molar-refractivity contribution in [3.63, 3.8) is 0 Å². The van der Waals surface area contributed by atoms with Gasteiger partial charge in [0.05, 0.1) is 5.75 Å². The fraction of sp³-hybridized carbons (Fsp3) is 0.278. The molecule has 1 aliphatic rings. The molecule has 1 unspecified atom stereocenters. The van der Waals surface area contributed by atoms with Crippen LogP contribution in [0.1, 0.15) is 10.8 Å². The highest BCUT2D eigenvalue weighted by molar-refractivity contribution is 7.91. The first-order valence-corrected chi connectivity index (χ1v) is 9.50. The molecule has 24 heavy (non-hydrogen) atoms. The van der Waals surface area contributed by atoms with Crippen LogP contribution in [0.2, 0.25) is 0 Å². The molecule has 2 aromatic carbocycles. The van der Waals surface area contributed by atoms with Crippen LogP contribution in [0.3, 0.4) is 0 Å². The summed E-state index contributed by atoms with van der Waals surface area (Å²) in [7, 11) is -3.24. The van der Waals surface area contributed by atoms with E-state index in [1.807, 2.05) is 36.4 Å². The van der Waals surface area contributed by atoms with Gasteiger partial charge in [0.1, 0.15) is 11.0 Å². The summed E-state index contributed by atoms with van der Waals surface area (Å²) in [6.45, 7) is 0.289. The quantitative estimate of drug-likeness (QED) is 0.851. The van der Waals surface area contributed by atoms with E-state index in [0.717, 1.165) is 5.56 Å². The van der Waals surface area contributed by atoms with Crippen LogP contribution in [-0.4, -0.2) is 44.7 Å². The molecule has 6 heteroatoms. The molecule has 0 aliphatic carbocycles. The van der Waals surface area contributed by atoms with Gasteiger partial charge in [-0.15, -0.1) is 0 Å². The Hall–Kier alpha value is -2.34. The number of ether oxygens (including phenoxy) is 1. The maximum atomic E-state index is 12.4. The van der Waals surface area contributed by atoms with Crippen LogP contribution in [0.5, 0.6) is 5.75 Å². The van der Waals surface area contributed by atoms with Gasteiger partial charge in [0.15, 0.2) is 16.4 Å². The van der Waals surface area contributed by atoms with Crippen molar-refractivity contribution in [1.82, 2.24) is 4.90 Å². The van der Waals surface area contributed by atoms with Crippen LogP contribution in [0.25, 0.3) is 0 Å². The van der Waals surface area contributed by atoms with Crippen LogP contribution < -0.4 is 4.74 Å². The first-order chi connectivity index (χ1) is 11.6. The molecule has 0 spiro atoms. The molecule has 126 valence electrons. The Balaban J connectivity index is 1.68. The minimum absolute atomic E-state index is 0.0242. The first kappa shape index (κ1) is 16.5. The summed E-state index contributed by atoms with van der Waals surface area (Å²) in [5.74, 6) is 0.397. The zero-order chi connectivity index (χ0) is 17.0. The summed E-state index contributed by atoms with van der Waals surface area (Å²) in [5.41, 5.74) is 0.721. The summed E-state index contributed by atoms with van der Waals surface area (Å²) in [6, 6.07) is 18.1. The second-order valence-electron chi connectivity index (χ2n) is 5.71. The van der Waals surface area contributed by atoms with Gasteiger partial charge in [-0.3, -0.25) is 4.79 Å². The van der Waals surface area contributed by atoms with E-state index in [2.05, 4.69) is 0 Å². The highest BCUT2D eigenvalue weighted by Gasteiger charge is 2.35. The van der Waals surface area contributed by atoms with Crippen LogP contribution in [-0.2, 0) is 14.6 Å². The topological polar surface area (TPSA) is 63.7 Å². The Morgan fingerprint density at radius 3 is 2.33 bits per heavy atom. The monoisotopic (exact) mass is 345 g/mol. The molecule has 1 fully saturated rings. The van der Waals surface area contributed by atoms with Crippen molar-refractivity contribution in [2.75, 3.05) is 25.4 Å². The number of sulfone groups is 1. The zero-order valence-electron chi connectivity index (χ0n) is 13.2. The Bertz CT molecular complexity index is 790. The molecular weight excluding hydrogens is 326 g/mol. The number of hydrogen-bond acceptors (Lipinski definition) is 4. The Kier molecular flexibility index (Phi) is 4.85. The normalized spacial score (nSPS) is 19.7. The van der Waals surface area contributed by atoms with E-state index in [9.17, 15) is 13.2 Å². The van der Waals surface area contributed by atoms with Gasteiger partial charge in [-0.25, -0.2) is 8.42 Å². The number of benzene rings is 2. The predicted octanol–water partition coefficient (Wildman–Crippen LogP) is 2.06. The molecule has 1 heterocycles. The number of rotatable bonds is 4. The van der Waals surface area contributed by atoms with Crippen LogP contribution >= 0.6 is 0 Å². The minimum atomic E-state index is -3.24. The minimum Gasteiger partial charge on any atom is -0.484 e. The average Bonchev–Trinajstić information content (AvgIpc) is 2.61. The van der Waals surface area contributed by atoms with Crippen molar-refractivity contribution in [3.8, 4) is 5.75 Å². The second kappa shape index (κ2) is 7.05. The molecule has 1 amide bonds. The summed E-state index contributed by atoms with van der Waals surface area (Å²) in [6.07, 6.45) is 0. The van der Waals surface area contributed by atoms with Gasteiger partial charge in [0.25, 0.3) is 5.91 Å². The van der Waals surface area contributed by atoms with Gasteiger partial charge in [-0.05, 0) is 17.7 Å².